The molecule has 0 unspecified atom stereocenters. The largest absolute Gasteiger partial charge is 0.455 e. The van der Waals surface area contributed by atoms with E-state index in [0.717, 1.165) is 52.9 Å². The summed E-state index contributed by atoms with van der Waals surface area (Å²) in [5, 5.41) is 11.4. The molecule has 1 aliphatic rings. The molecular weight excluding hydrogens is 793 g/mol. The molecule has 0 aliphatic heterocycles. The molecule has 4 heterocycles. The molecule has 0 radical (unpaired) electrons. The second kappa shape index (κ2) is 18.5. The molecule has 0 saturated heterocycles. The Balaban J connectivity index is 1.12. The monoisotopic (exact) mass is 859 g/mol. The van der Waals surface area contributed by atoms with Gasteiger partial charge in [-0.3, -0.25) is 15.0 Å². The molecule has 0 N–H and O–H groups in total. The van der Waals surface area contributed by atoms with Crippen LogP contribution in [0.4, 0.5) is 0 Å². The maximum absolute atomic E-state index is 9.91. The molecule has 0 amide bonds. The standard InChI is InChI=1S/C60H54N4O/c1-39-29-56(46-15-6-4-7-16-46)62-36-49(39)24-21-42-31-43(22-25-50-37-63-57(30-40(50)2)47-17-8-5-9-18-47)33-44(32-42)23-26-51-38-64-58(34-55(51)45-13-10-11-14-45)54-20-12-19-52-53-28-27-48(35-61)41(3)59(53)65-60(52)54/h4-9,12,15-20,27-34,36-38,45H,10-11,13-14,21-26H2,1-3H3/i21D2,22D2,23D2,24D2,25D2,26D2. The van der Waals surface area contributed by atoms with E-state index in [4.69, 9.17) is 9.40 Å². The van der Waals surface area contributed by atoms with Crippen molar-refractivity contribution in [2.24, 2.45) is 0 Å². The van der Waals surface area contributed by atoms with Crippen LogP contribution in [0.25, 0.3) is 55.7 Å². The van der Waals surface area contributed by atoms with Crippen molar-refractivity contribution in [3.05, 3.63) is 207 Å². The summed E-state index contributed by atoms with van der Waals surface area (Å²) in [6.45, 7) is 5.08. The van der Waals surface area contributed by atoms with Crippen LogP contribution in [0, 0.1) is 32.1 Å². The van der Waals surface area contributed by atoms with Crippen molar-refractivity contribution in [2.45, 2.75) is 90.6 Å². The SMILES string of the molecule is [2H]C([2H])(c1cc(C([2H])([2H])C([2H])([2H])c2cnc(-c3ccccc3)cc2C)cc(C([2H])([2H])C([2H])([2H])c2cnc(-c3cccc4c3oc3c(C)c(C#N)ccc34)cc2C2CCCC2)c1)C([2H])([2H])c1cnc(-c2ccccc2)cc1C. The average molecular weight is 859 g/mol. The molecule has 1 fully saturated rings. The first-order valence-corrected chi connectivity index (χ1v) is 22.0. The highest BCUT2D eigenvalue weighted by Gasteiger charge is 2.23. The Morgan fingerprint density at radius 2 is 1.08 bits per heavy atom. The van der Waals surface area contributed by atoms with Gasteiger partial charge in [0.25, 0.3) is 0 Å². The van der Waals surface area contributed by atoms with E-state index in [-0.39, 0.29) is 22.6 Å². The third-order valence-electron chi connectivity index (χ3n) is 12.4. The lowest BCUT2D eigenvalue weighted by Gasteiger charge is -2.18. The Kier molecular flexibility index (Phi) is 8.56. The van der Waals surface area contributed by atoms with Crippen LogP contribution < -0.4 is 0 Å². The topological polar surface area (TPSA) is 75.6 Å². The van der Waals surface area contributed by atoms with E-state index in [1.165, 1.54) is 18.6 Å². The van der Waals surface area contributed by atoms with E-state index in [0.29, 0.717) is 74.5 Å². The molecule has 5 heteroatoms. The van der Waals surface area contributed by atoms with Crippen LogP contribution >= 0.6 is 0 Å². The highest BCUT2D eigenvalue weighted by Crippen LogP contribution is 2.41. The van der Waals surface area contributed by atoms with Gasteiger partial charge in [0, 0.05) is 68.1 Å². The molecule has 5 nitrogen and oxygen atoms in total. The van der Waals surface area contributed by atoms with Crippen molar-refractivity contribution in [1.29, 1.82) is 5.26 Å². The second-order valence-corrected chi connectivity index (χ2v) is 16.7. The Labute approximate surface area is 399 Å². The van der Waals surface area contributed by atoms with Gasteiger partial charge in [0.2, 0.25) is 0 Å². The van der Waals surface area contributed by atoms with Gasteiger partial charge in [-0.2, -0.15) is 5.26 Å². The van der Waals surface area contributed by atoms with Crippen LogP contribution in [-0.4, -0.2) is 15.0 Å². The van der Waals surface area contributed by atoms with Crippen LogP contribution in [0.1, 0.15) is 109 Å². The minimum Gasteiger partial charge on any atom is -0.455 e. The second-order valence-electron chi connectivity index (χ2n) is 16.7. The number of benzene rings is 5. The summed E-state index contributed by atoms with van der Waals surface area (Å²) in [5.41, 5.74) is 5.13. The highest BCUT2D eigenvalue weighted by molar-refractivity contribution is 6.10. The smallest absolute Gasteiger partial charge is 0.144 e. The third kappa shape index (κ3) is 8.87. The van der Waals surface area contributed by atoms with E-state index < -0.39 is 54.9 Å². The zero-order valence-electron chi connectivity index (χ0n) is 48.5. The van der Waals surface area contributed by atoms with Gasteiger partial charge in [0.05, 0.1) is 28.7 Å². The zero-order valence-corrected chi connectivity index (χ0v) is 36.5. The van der Waals surface area contributed by atoms with E-state index in [2.05, 4.69) is 16.0 Å². The normalized spacial score (nSPS) is 17.0. The fourth-order valence-electron chi connectivity index (χ4n) is 8.79. The van der Waals surface area contributed by atoms with Gasteiger partial charge in [-0.1, -0.05) is 104 Å². The van der Waals surface area contributed by atoms with Crippen molar-refractivity contribution >= 4 is 21.9 Å². The average Bonchev–Trinajstić information content (AvgIpc) is 4.20. The number of furan rings is 1. The van der Waals surface area contributed by atoms with Crippen LogP contribution in [0.5, 0.6) is 0 Å². The molecule has 4 aromatic heterocycles. The number of aryl methyl sites for hydroxylation is 9. The van der Waals surface area contributed by atoms with Crippen LogP contribution in [-0.2, 0) is 38.2 Å². The molecule has 0 spiro atoms. The van der Waals surface area contributed by atoms with Crippen LogP contribution in [0.15, 0.2) is 150 Å². The van der Waals surface area contributed by atoms with Crippen LogP contribution in [0.3, 0.4) is 0 Å². The summed E-state index contributed by atoms with van der Waals surface area (Å²) in [5.74, 6) is -0.201. The molecule has 10 rings (SSSR count). The zero-order chi connectivity index (χ0) is 55.0. The molecule has 9 aromatic rings. The lowest BCUT2D eigenvalue weighted by molar-refractivity contribution is 0.666. The van der Waals surface area contributed by atoms with Crippen molar-refractivity contribution in [3.63, 3.8) is 0 Å². The van der Waals surface area contributed by atoms with E-state index >= 15 is 0 Å². The van der Waals surface area contributed by atoms with Gasteiger partial charge in [0.1, 0.15) is 11.2 Å². The molecule has 5 aromatic carbocycles. The summed E-state index contributed by atoms with van der Waals surface area (Å²) in [4.78, 5) is 13.8. The molecule has 320 valence electrons. The van der Waals surface area contributed by atoms with Gasteiger partial charge < -0.3 is 4.42 Å². The minimum absolute atomic E-state index is 0.0755. The summed E-state index contributed by atoms with van der Waals surface area (Å²) in [6, 6.07) is 38.0. The Morgan fingerprint density at radius 3 is 1.63 bits per heavy atom. The maximum atomic E-state index is 9.91. The lowest BCUT2D eigenvalue weighted by atomic mass is 9.89. The van der Waals surface area contributed by atoms with Crippen LogP contribution in [0.2, 0.25) is 0 Å². The van der Waals surface area contributed by atoms with Gasteiger partial charge in [0.15, 0.2) is 0 Å². The summed E-state index contributed by atoms with van der Waals surface area (Å²) >= 11 is 0. The number of para-hydroxylation sites is 1. The van der Waals surface area contributed by atoms with Crippen molar-refractivity contribution in [2.75, 3.05) is 0 Å². The van der Waals surface area contributed by atoms with Gasteiger partial charge in [-0.05, 0) is 164 Å². The highest BCUT2D eigenvalue weighted by atomic mass is 16.3. The molecule has 65 heavy (non-hydrogen) atoms. The summed E-state index contributed by atoms with van der Waals surface area (Å²) in [6.07, 6.45) is -11.2. The number of aromatic nitrogens is 3. The first-order valence-electron chi connectivity index (χ1n) is 28.0. The molecule has 1 saturated carbocycles. The minimum atomic E-state index is -3.13. The molecule has 0 atom stereocenters. The quantitative estimate of drug-likeness (QED) is 0.115. The van der Waals surface area contributed by atoms with Gasteiger partial charge >= 0.3 is 0 Å². The molecular formula is C60H54N4O. The Bertz CT molecular complexity index is 3660. The number of rotatable bonds is 13. The number of pyridine rings is 3. The number of hydrogen-bond donors (Lipinski definition) is 0. The van der Waals surface area contributed by atoms with Crippen molar-refractivity contribution < 1.29 is 20.9 Å². The molecule has 1 aliphatic carbocycles. The number of hydrogen-bond acceptors (Lipinski definition) is 5. The Hall–Kier alpha value is -7.16. The number of nitrogens with zero attached hydrogens (tertiary/aromatic N) is 4. The number of nitriles is 1. The van der Waals surface area contributed by atoms with E-state index in [1.807, 2.05) is 91.9 Å². The third-order valence-corrected chi connectivity index (χ3v) is 12.4. The summed E-state index contributed by atoms with van der Waals surface area (Å²) < 4.78 is 123. The van der Waals surface area contributed by atoms with Crippen molar-refractivity contribution in [1.82, 2.24) is 15.0 Å². The molecule has 0 bridgehead atoms. The fraction of sp³-hybridized carbons (Fsp3) is 0.233. The lowest BCUT2D eigenvalue weighted by Crippen LogP contribution is -2.05. The van der Waals surface area contributed by atoms with E-state index in [1.54, 1.807) is 38.1 Å². The first kappa shape index (κ1) is 30.1. The predicted octanol–water partition coefficient (Wildman–Crippen LogP) is 14.6. The van der Waals surface area contributed by atoms with Crippen molar-refractivity contribution in [3.8, 4) is 39.8 Å². The predicted molar refractivity (Wildman–Crippen MR) is 265 cm³/mol. The Morgan fingerprint density at radius 1 is 0.554 bits per heavy atom. The van der Waals surface area contributed by atoms with Gasteiger partial charge in [-0.25, -0.2) is 0 Å². The summed E-state index contributed by atoms with van der Waals surface area (Å²) in [7, 11) is 0. The maximum Gasteiger partial charge on any atom is 0.144 e. The van der Waals surface area contributed by atoms with Gasteiger partial charge in [-0.15, -0.1) is 0 Å². The number of fused-ring (bicyclic) bond motifs is 3. The first-order chi connectivity index (χ1) is 36.4. The van der Waals surface area contributed by atoms with E-state index in [9.17, 15) is 21.7 Å². The fourth-order valence-corrected chi connectivity index (χ4v) is 8.79.